The maximum absolute atomic E-state index is 13.0. The molecule has 1 atom stereocenters. The molecule has 1 unspecified atom stereocenters. The zero-order valence-electron chi connectivity index (χ0n) is 19.9. The summed E-state index contributed by atoms with van der Waals surface area (Å²) in [5.41, 5.74) is 5.19. The molecule has 1 amide bonds. The summed E-state index contributed by atoms with van der Waals surface area (Å²) in [6.45, 7) is 12.2. The molecule has 1 saturated heterocycles. The Labute approximate surface area is 191 Å². The molecular formula is C26H35N3O3. The van der Waals surface area contributed by atoms with Gasteiger partial charge < -0.3 is 20.1 Å². The highest BCUT2D eigenvalue weighted by Crippen LogP contribution is 2.50. The number of phenolic OH excluding ortho intramolecular Hbond substituents is 1. The van der Waals surface area contributed by atoms with Crippen LogP contribution >= 0.6 is 0 Å². The highest BCUT2D eigenvalue weighted by Gasteiger charge is 2.43. The monoisotopic (exact) mass is 437 g/mol. The number of rotatable bonds is 5. The number of nitrogens with zero attached hydrogens (tertiary/aromatic N) is 2. The second-order valence-electron chi connectivity index (χ2n) is 9.88. The SMILES string of the molecule is COc1ccc(N2CCN(CC(=O)NC3c4c(O)c(C)cc(C)c4CC3(C)C)CC2)cc1. The number of ether oxygens (including phenoxy) is 1. The molecule has 172 valence electrons. The molecule has 0 aromatic heterocycles. The third-order valence-corrected chi connectivity index (χ3v) is 7.05. The van der Waals surface area contributed by atoms with Crippen LogP contribution in [0.25, 0.3) is 0 Å². The van der Waals surface area contributed by atoms with Gasteiger partial charge in [-0.1, -0.05) is 19.9 Å². The molecule has 2 aromatic rings. The molecule has 2 N–H and O–H groups in total. The van der Waals surface area contributed by atoms with Crippen molar-refractivity contribution in [3.05, 3.63) is 52.6 Å². The maximum Gasteiger partial charge on any atom is 0.234 e. The van der Waals surface area contributed by atoms with E-state index in [1.807, 2.05) is 25.1 Å². The molecule has 2 aromatic carbocycles. The number of amides is 1. The van der Waals surface area contributed by atoms with Crippen LogP contribution in [0.3, 0.4) is 0 Å². The number of hydrogen-bond acceptors (Lipinski definition) is 5. The van der Waals surface area contributed by atoms with Gasteiger partial charge in [0.05, 0.1) is 19.7 Å². The fraction of sp³-hybridized carbons (Fsp3) is 0.500. The molecule has 0 saturated carbocycles. The van der Waals surface area contributed by atoms with E-state index in [0.29, 0.717) is 12.3 Å². The summed E-state index contributed by atoms with van der Waals surface area (Å²) >= 11 is 0. The standard InChI is InChI=1S/C26H35N3O3/c1-17-14-18(2)24(31)23-21(17)15-26(3,4)25(23)27-22(30)16-28-10-12-29(13-11-28)19-6-8-20(32-5)9-7-19/h6-9,14,25,31H,10-13,15-16H2,1-5H3,(H,27,30). The van der Waals surface area contributed by atoms with Gasteiger partial charge in [-0.3, -0.25) is 9.69 Å². The molecule has 0 bridgehead atoms. The van der Waals surface area contributed by atoms with Crippen LogP contribution in [0.5, 0.6) is 11.5 Å². The van der Waals surface area contributed by atoms with Crippen molar-refractivity contribution >= 4 is 11.6 Å². The Hall–Kier alpha value is -2.73. The first-order chi connectivity index (χ1) is 15.2. The summed E-state index contributed by atoms with van der Waals surface area (Å²) in [4.78, 5) is 17.6. The van der Waals surface area contributed by atoms with Crippen molar-refractivity contribution in [2.24, 2.45) is 5.41 Å². The number of anilines is 1. The number of fused-ring (bicyclic) bond motifs is 1. The molecule has 4 rings (SSSR count). The lowest BCUT2D eigenvalue weighted by Gasteiger charge is -2.36. The van der Waals surface area contributed by atoms with Crippen LogP contribution in [-0.4, -0.2) is 55.7 Å². The van der Waals surface area contributed by atoms with E-state index in [-0.39, 0.29) is 17.4 Å². The van der Waals surface area contributed by atoms with Crippen LogP contribution in [0.1, 0.15) is 42.1 Å². The summed E-state index contributed by atoms with van der Waals surface area (Å²) in [5.74, 6) is 1.21. The largest absolute Gasteiger partial charge is 0.507 e. The average molecular weight is 438 g/mol. The number of carbonyl (C=O) groups is 1. The number of carbonyl (C=O) groups excluding carboxylic acids is 1. The Morgan fingerprint density at radius 3 is 2.41 bits per heavy atom. The topological polar surface area (TPSA) is 65.0 Å². The fourth-order valence-corrected chi connectivity index (χ4v) is 5.18. The molecule has 1 aliphatic carbocycles. The Bertz CT molecular complexity index is 992. The molecule has 0 radical (unpaired) electrons. The van der Waals surface area contributed by atoms with E-state index in [0.717, 1.165) is 49.5 Å². The third-order valence-electron chi connectivity index (χ3n) is 7.05. The third kappa shape index (κ3) is 4.29. The normalized spacial score (nSPS) is 20.2. The van der Waals surface area contributed by atoms with Crippen molar-refractivity contribution in [1.82, 2.24) is 10.2 Å². The Morgan fingerprint density at radius 1 is 1.12 bits per heavy atom. The van der Waals surface area contributed by atoms with Gasteiger partial charge in [0.15, 0.2) is 0 Å². The molecule has 1 fully saturated rings. The van der Waals surface area contributed by atoms with Gasteiger partial charge in [0.2, 0.25) is 5.91 Å². The second-order valence-corrected chi connectivity index (χ2v) is 9.88. The minimum absolute atomic E-state index is 0.0207. The first-order valence-corrected chi connectivity index (χ1v) is 11.4. The van der Waals surface area contributed by atoms with Gasteiger partial charge in [-0.2, -0.15) is 0 Å². The summed E-state index contributed by atoms with van der Waals surface area (Å²) < 4.78 is 5.24. The van der Waals surface area contributed by atoms with Gasteiger partial charge >= 0.3 is 0 Å². The van der Waals surface area contributed by atoms with Crippen LogP contribution in [0, 0.1) is 19.3 Å². The summed E-state index contributed by atoms with van der Waals surface area (Å²) in [6.07, 6.45) is 0.855. The van der Waals surface area contributed by atoms with Crippen LogP contribution in [0.2, 0.25) is 0 Å². The smallest absolute Gasteiger partial charge is 0.234 e. The first-order valence-electron chi connectivity index (χ1n) is 11.4. The van der Waals surface area contributed by atoms with Gasteiger partial charge in [0.25, 0.3) is 0 Å². The van der Waals surface area contributed by atoms with Gasteiger partial charge in [-0.25, -0.2) is 0 Å². The Morgan fingerprint density at radius 2 is 1.78 bits per heavy atom. The number of methoxy groups -OCH3 is 1. The summed E-state index contributed by atoms with van der Waals surface area (Å²) in [5, 5.41) is 14.0. The average Bonchev–Trinajstić information content (AvgIpc) is 3.04. The number of nitrogens with one attached hydrogen (secondary N) is 1. The molecule has 6 heteroatoms. The lowest BCUT2D eigenvalue weighted by atomic mass is 9.85. The van der Waals surface area contributed by atoms with E-state index < -0.39 is 0 Å². The van der Waals surface area contributed by atoms with Crippen molar-refractivity contribution in [1.29, 1.82) is 0 Å². The first kappa shape index (κ1) is 22.5. The number of hydrogen-bond donors (Lipinski definition) is 2. The summed E-state index contributed by atoms with van der Waals surface area (Å²) in [7, 11) is 1.67. The minimum Gasteiger partial charge on any atom is -0.507 e. The molecule has 0 spiro atoms. The lowest BCUT2D eigenvalue weighted by Crippen LogP contribution is -2.50. The Kier molecular flexibility index (Phi) is 6.08. The molecular weight excluding hydrogens is 402 g/mol. The van der Waals surface area contributed by atoms with Crippen molar-refractivity contribution in [2.45, 2.75) is 40.2 Å². The molecule has 1 heterocycles. The number of aryl methyl sites for hydroxylation is 2. The van der Waals surface area contributed by atoms with Gasteiger partial charge in [0, 0.05) is 37.4 Å². The number of aromatic hydroxyl groups is 1. The predicted octanol–water partition coefficient (Wildman–Crippen LogP) is 3.58. The van der Waals surface area contributed by atoms with E-state index in [1.165, 1.54) is 16.8 Å². The van der Waals surface area contributed by atoms with E-state index in [9.17, 15) is 9.90 Å². The van der Waals surface area contributed by atoms with Gasteiger partial charge in [-0.15, -0.1) is 0 Å². The Balaban J connectivity index is 1.38. The maximum atomic E-state index is 13.0. The van der Waals surface area contributed by atoms with Crippen molar-refractivity contribution in [3.8, 4) is 11.5 Å². The highest BCUT2D eigenvalue weighted by molar-refractivity contribution is 5.79. The van der Waals surface area contributed by atoms with Crippen molar-refractivity contribution in [3.63, 3.8) is 0 Å². The van der Waals surface area contributed by atoms with E-state index >= 15 is 0 Å². The van der Waals surface area contributed by atoms with Crippen LogP contribution in [-0.2, 0) is 11.2 Å². The van der Waals surface area contributed by atoms with Crippen LogP contribution in [0.4, 0.5) is 5.69 Å². The highest BCUT2D eigenvalue weighted by atomic mass is 16.5. The fourth-order valence-electron chi connectivity index (χ4n) is 5.18. The van der Waals surface area contributed by atoms with E-state index in [4.69, 9.17) is 4.74 Å². The summed E-state index contributed by atoms with van der Waals surface area (Å²) in [6, 6.07) is 9.99. The van der Waals surface area contributed by atoms with Crippen molar-refractivity contribution < 1.29 is 14.6 Å². The number of phenols is 1. The van der Waals surface area contributed by atoms with Crippen LogP contribution < -0.4 is 15.0 Å². The predicted molar refractivity (Wildman–Crippen MR) is 128 cm³/mol. The molecule has 32 heavy (non-hydrogen) atoms. The van der Waals surface area contributed by atoms with E-state index in [1.54, 1.807) is 7.11 Å². The number of benzene rings is 2. The van der Waals surface area contributed by atoms with Gasteiger partial charge in [0.1, 0.15) is 11.5 Å². The quantitative estimate of drug-likeness (QED) is 0.749. The number of piperazine rings is 1. The van der Waals surface area contributed by atoms with Crippen LogP contribution in [0.15, 0.2) is 30.3 Å². The van der Waals surface area contributed by atoms with Gasteiger partial charge in [-0.05, 0) is 66.6 Å². The molecule has 1 aliphatic heterocycles. The molecule has 2 aliphatic rings. The zero-order valence-corrected chi connectivity index (χ0v) is 19.9. The molecule has 6 nitrogen and oxygen atoms in total. The second kappa shape index (κ2) is 8.66. The minimum atomic E-state index is -0.177. The lowest BCUT2D eigenvalue weighted by molar-refractivity contribution is -0.123. The van der Waals surface area contributed by atoms with E-state index in [2.05, 4.69) is 48.0 Å². The van der Waals surface area contributed by atoms with Crippen molar-refractivity contribution in [2.75, 3.05) is 44.7 Å². The zero-order chi connectivity index (χ0) is 23.0.